The van der Waals surface area contributed by atoms with Gasteiger partial charge in [-0.1, -0.05) is 30.3 Å². The number of hydrogen-bond acceptors (Lipinski definition) is 2. The van der Waals surface area contributed by atoms with Crippen LogP contribution in [0.15, 0.2) is 64.4 Å². The summed E-state index contributed by atoms with van der Waals surface area (Å²) in [6.45, 7) is 0. The highest BCUT2D eigenvalue weighted by molar-refractivity contribution is 7.85. The summed E-state index contributed by atoms with van der Waals surface area (Å²) in [6, 6.07) is 16.0. The van der Waals surface area contributed by atoms with E-state index in [-0.39, 0.29) is 0 Å². The molecule has 0 saturated heterocycles. The van der Waals surface area contributed by atoms with Gasteiger partial charge in [-0.05, 0) is 24.3 Å². The van der Waals surface area contributed by atoms with Crippen molar-refractivity contribution in [3.63, 3.8) is 0 Å². The van der Waals surface area contributed by atoms with Crippen molar-refractivity contribution >= 4 is 17.1 Å². The maximum absolute atomic E-state index is 12.1. The van der Waals surface area contributed by atoms with Crippen LogP contribution in [-0.4, -0.2) is 10.5 Å². The highest BCUT2D eigenvalue weighted by Crippen LogP contribution is 2.15. The second kappa shape index (κ2) is 4.86. The molecular formula is C13H10O2S. The highest BCUT2D eigenvalue weighted by Gasteiger charge is 2.05. The molecule has 2 rings (SSSR count). The van der Waals surface area contributed by atoms with Crippen molar-refractivity contribution < 1.29 is 9.00 Å². The number of hydrogen-bond donors (Lipinski definition) is 0. The van der Waals surface area contributed by atoms with Crippen molar-refractivity contribution in [2.45, 2.75) is 9.79 Å². The van der Waals surface area contributed by atoms with Crippen molar-refractivity contribution in [1.82, 2.24) is 0 Å². The van der Waals surface area contributed by atoms with Crippen molar-refractivity contribution in [3.8, 4) is 0 Å². The molecule has 0 N–H and O–H groups in total. The molecule has 80 valence electrons. The molecule has 0 spiro atoms. The first-order valence-electron chi connectivity index (χ1n) is 4.83. The van der Waals surface area contributed by atoms with Gasteiger partial charge < -0.3 is 0 Å². The van der Waals surface area contributed by atoms with E-state index in [1.807, 2.05) is 30.3 Å². The summed E-state index contributed by atoms with van der Waals surface area (Å²) < 4.78 is 12.1. The van der Waals surface area contributed by atoms with E-state index in [2.05, 4.69) is 0 Å². The summed E-state index contributed by atoms with van der Waals surface area (Å²) in [4.78, 5) is 12.0. The van der Waals surface area contributed by atoms with Gasteiger partial charge in [0, 0.05) is 15.4 Å². The maximum Gasteiger partial charge on any atom is 0.150 e. The summed E-state index contributed by atoms with van der Waals surface area (Å²) in [6.07, 6.45) is 0.773. The summed E-state index contributed by atoms with van der Waals surface area (Å²) in [5.41, 5.74) is 0.591. The molecule has 2 aromatic rings. The van der Waals surface area contributed by atoms with Gasteiger partial charge in [-0.3, -0.25) is 4.79 Å². The number of carbonyl (C=O) groups is 1. The minimum Gasteiger partial charge on any atom is -0.298 e. The van der Waals surface area contributed by atoms with E-state index < -0.39 is 10.8 Å². The van der Waals surface area contributed by atoms with Crippen LogP contribution in [0.1, 0.15) is 10.4 Å². The van der Waals surface area contributed by atoms with Crippen molar-refractivity contribution in [3.05, 3.63) is 60.2 Å². The average Bonchev–Trinajstić information content (AvgIpc) is 2.39. The van der Waals surface area contributed by atoms with Crippen LogP contribution in [0.5, 0.6) is 0 Å². The molecule has 0 bridgehead atoms. The van der Waals surface area contributed by atoms with E-state index in [9.17, 15) is 9.00 Å². The highest BCUT2D eigenvalue weighted by atomic mass is 32.2. The Bertz CT molecular complexity index is 503. The Morgan fingerprint density at radius 1 is 0.812 bits per heavy atom. The van der Waals surface area contributed by atoms with Crippen LogP contribution >= 0.6 is 0 Å². The molecule has 2 aromatic carbocycles. The fourth-order valence-electron chi connectivity index (χ4n) is 1.35. The van der Waals surface area contributed by atoms with E-state index in [4.69, 9.17) is 0 Å². The summed E-state index contributed by atoms with van der Waals surface area (Å²) in [7, 11) is -1.17. The third kappa shape index (κ3) is 2.25. The zero-order valence-electron chi connectivity index (χ0n) is 8.50. The van der Waals surface area contributed by atoms with E-state index in [1.54, 1.807) is 24.3 Å². The lowest BCUT2D eigenvalue weighted by atomic mass is 10.2. The third-order valence-corrected chi connectivity index (χ3v) is 3.59. The Morgan fingerprint density at radius 2 is 1.38 bits per heavy atom. The molecule has 3 heteroatoms. The van der Waals surface area contributed by atoms with Gasteiger partial charge in [0.05, 0.1) is 10.8 Å². The van der Waals surface area contributed by atoms with Gasteiger partial charge in [0.1, 0.15) is 6.29 Å². The van der Waals surface area contributed by atoms with Gasteiger partial charge in [0.25, 0.3) is 0 Å². The van der Waals surface area contributed by atoms with Crippen LogP contribution < -0.4 is 0 Å². The summed E-state index contributed by atoms with van der Waals surface area (Å²) in [5, 5.41) is 0. The topological polar surface area (TPSA) is 34.1 Å². The van der Waals surface area contributed by atoms with Gasteiger partial charge >= 0.3 is 0 Å². The molecular weight excluding hydrogens is 220 g/mol. The smallest absolute Gasteiger partial charge is 0.150 e. The third-order valence-electron chi connectivity index (χ3n) is 2.19. The Morgan fingerprint density at radius 3 is 1.94 bits per heavy atom. The van der Waals surface area contributed by atoms with Crippen LogP contribution in [-0.2, 0) is 10.8 Å². The molecule has 1 atom stereocenters. The Balaban J connectivity index is 2.31. The Kier molecular flexibility index (Phi) is 3.27. The van der Waals surface area contributed by atoms with Gasteiger partial charge in [0.2, 0.25) is 0 Å². The molecule has 0 aliphatic heterocycles. The fourth-order valence-corrected chi connectivity index (χ4v) is 2.41. The van der Waals surface area contributed by atoms with Gasteiger partial charge in [-0.25, -0.2) is 4.21 Å². The van der Waals surface area contributed by atoms with Gasteiger partial charge in [-0.15, -0.1) is 0 Å². The molecule has 0 aromatic heterocycles. The van der Waals surface area contributed by atoms with Crippen LogP contribution in [0, 0.1) is 0 Å². The predicted molar refractivity (Wildman–Crippen MR) is 62.9 cm³/mol. The van der Waals surface area contributed by atoms with Crippen LogP contribution in [0.2, 0.25) is 0 Å². The molecule has 0 radical (unpaired) electrons. The zero-order chi connectivity index (χ0) is 11.4. The molecule has 0 heterocycles. The van der Waals surface area contributed by atoms with Crippen molar-refractivity contribution in [2.75, 3.05) is 0 Å². The van der Waals surface area contributed by atoms with E-state index in [1.165, 1.54) is 0 Å². The standard InChI is InChI=1S/C13H10O2S/c14-10-11-6-8-13(9-7-11)16(15)12-4-2-1-3-5-12/h1-10H. The van der Waals surface area contributed by atoms with Crippen LogP contribution in [0.25, 0.3) is 0 Å². The molecule has 0 aliphatic rings. The quantitative estimate of drug-likeness (QED) is 0.760. The second-order valence-corrected chi connectivity index (χ2v) is 4.75. The van der Waals surface area contributed by atoms with E-state index in [0.717, 1.165) is 11.2 Å². The molecule has 0 saturated carbocycles. The Hall–Kier alpha value is -1.74. The number of rotatable bonds is 3. The molecule has 0 amide bonds. The summed E-state index contributed by atoms with van der Waals surface area (Å²) in [5.74, 6) is 0. The van der Waals surface area contributed by atoms with Gasteiger partial charge in [-0.2, -0.15) is 0 Å². The maximum atomic E-state index is 12.1. The fraction of sp³-hybridized carbons (Fsp3) is 0. The first-order valence-corrected chi connectivity index (χ1v) is 5.98. The predicted octanol–water partition coefficient (Wildman–Crippen LogP) is 2.67. The summed E-state index contributed by atoms with van der Waals surface area (Å²) >= 11 is 0. The number of aldehydes is 1. The van der Waals surface area contributed by atoms with Crippen molar-refractivity contribution in [1.29, 1.82) is 0 Å². The molecule has 0 fully saturated rings. The van der Waals surface area contributed by atoms with Gasteiger partial charge in [0.15, 0.2) is 0 Å². The Labute approximate surface area is 96.4 Å². The normalized spacial score (nSPS) is 12.0. The number of benzene rings is 2. The van der Waals surface area contributed by atoms with Crippen molar-refractivity contribution in [2.24, 2.45) is 0 Å². The monoisotopic (exact) mass is 230 g/mol. The lowest BCUT2D eigenvalue weighted by molar-refractivity contribution is 0.112. The van der Waals surface area contributed by atoms with Crippen LogP contribution in [0.4, 0.5) is 0 Å². The molecule has 0 aliphatic carbocycles. The first kappa shape index (κ1) is 10.8. The minimum absolute atomic E-state index is 0.591. The molecule has 16 heavy (non-hydrogen) atoms. The first-order chi connectivity index (χ1) is 7.81. The average molecular weight is 230 g/mol. The lowest BCUT2D eigenvalue weighted by Gasteiger charge is -2.01. The molecule has 2 nitrogen and oxygen atoms in total. The minimum atomic E-state index is -1.17. The zero-order valence-corrected chi connectivity index (χ0v) is 9.31. The number of carbonyl (C=O) groups excluding carboxylic acids is 1. The van der Waals surface area contributed by atoms with E-state index in [0.29, 0.717) is 10.5 Å². The van der Waals surface area contributed by atoms with Crippen LogP contribution in [0.3, 0.4) is 0 Å². The SMILES string of the molecule is O=Cc1ccc(S(=O)c2ccccc2)cc1. The lowest BCUT2D eigenvalue weighted by Crippen LogP contribution is -1.92. The second-order valence-electron chi connectivity index (χ2n) is 3.27. The van der Waals surface area contributed by atoms with E-state index >= 15 is 0 Å². The molecule has 1 unspecified atom stereocenters. The largest absolute Gasteiger partial charge is 0.298 e.